The Bertz CT molecular complexity index is 867. The molecule has 0 atom stereocenters. The van der Waals surface area contributed by atoms with Gasteiger partial charge in [0.2, 0.25) is 5.91 Å². The van der Waals surface area contributed by atoms with Crippen LogP contribution in [0.1, 0.15) is 32.3 Å². The fourth-order valence-electron chi connectivity index (χ4n) is 3.46. The highest BCUT2D eigenvalue weighted by atomic mass is 16.5. The van der Waals surface area contributed by atoms with Gasteiger partial charge >= 0.3 is 0 Å². The number of amidine groups is 1. The maximum absolute atomic E-state index is 11.5. The van der Waals surface area contributed by atoms with Gasteiger partial charge in [-0.2, -0.15) is 0 Å². The van der Waals surface area contributed by atoms with Crippen molar-refractivity contribution in [2.45, 2.75) is 26.7 Å². The van der Waals surface area contributed by atoms with Gasteiger partial charge in [-0.1, -0.05) is 19.1 Å². The van der Waals surface area contributed by atoms with Crippen LogP contribution in [-0.4, -0.2) is 29.7 Å². The number of nitrogens with zero attached hydrogens (tertiary/aromatic N) is 2. The fraction of sp³-hybridized carbons (Fsp3) is 0.333. The highest BCUT2D eigenvalue weighted by Crippen LogP contribution is 2.39. The predicted octanol–water partition coefficient (Wildman–Crippen LogP) is 4.56. The van der Waals surface area contributed by atoms with E-state index in [0.717, 1.165) is 66.1 Å². The van der Waals surface area contributed by atoms with E-state index in [1.807, 2.05) is 42.5 Å². The molecule has 5 nitrogen and oxygen atoms in total. The van der Waals surface area contributed by atoms with Crippen molar-refractivity contribution in [2.24, 2.45) is 10.9 Å². The fourth-order valence-corrected chi connectivity index (χ4v) is 3.46. The molecule has 134 valence electrons. The number of hydrogen-bond donors (Lipinski definition) is 1. The second-order valence-corrected chi connectivity index (χ2v) is 7.07. The summed E-state index contributed by atoms with van der Waals surface area (Å²) >= 11 is 0. The molecule has 0 aromatic heterocycles. The van der Waals surface area contributed by atoms with Gasteiger partial charge < -0.3 is 15.0 Å². The van der Waals surface area contributed by atoms with Gasteiger partial charge in [0.1, 0.15) is 17.3 Å². The minimum Gasteiger partial charge on any atom is -0.454 e. The second-order valence-electron chi connectivity index (χ2n) is 7.07. The van der Waals surface area contributed by atoms with Crippen molar-refractivity contribution >= 4 is 23.1 Å². The Morgan fingerprint density at radius 2 is 1.92 bits per heavy atom. The van der Waals surface area contributed by atoms with Gasteiger partial charge in [0.15, 0.2) is 5.75 Å². The van der Waals surface area contributed by atoms with Gasteiger partial charge in [0.25, 0.3) is 0 Å². The van der Waals surface area contributed by atoms with E-state index in [2.05, 4.69) is 17.1 Å². The standard InChI is InChI=1S/C21H23N3O2/c1-14-9-11-24(12-10-14)21-17-13-16(22-15(2)25)7-8-19(17)26-20-6-4-3-5-18(20)23-21/h3-8,13-14H,9-12H2,1-2H3,(H,22,25). The largest absolute Gasteiger partial charge is 0.454 e. The first kappa shape index (κ1) is 16.6. The molecule has 0 aliphatic carbocycles. The van der Waals surface area contributed by atoms with Gasteiger partial charge in [-0.05, 0) is 49.1 Å². The summed E-state index contributed by atoms with van der Waals surface area (Å²) in [6.07, 6.45) is 2.31. The molecule has 2 aromatic carbocycles. The molecule has 2 aliphatic heterocycles. The van der Waals surface area contributed by atoms with Crippen LogP contribution >= 0.6 is 0 Å². The molecule has 2 aliphatic rings. The van der Waals surface area contributed by atoms with E-state index >= 15 is 0 Å². The number of amides is 1. The molecule has 1 saturated heterocycles. The van der Waals surface area contributed by atoms with Crippen molar-refractivity contribution < 1.29 is 9.53 Å². The van der Waals surface area contributed by atoms with Crippen LogP contribution in [-0.2, 0) is 4.79 Å². The summed E-state index contributed by atoms with van der Waals surface area (Å²) in [4.78, 5) is 18.8. The number of carbonyl (C=O) groups is 1. The second kappa shape index (κ2) is 6.83. The zero-order valence-corrected chi connectivity index (χ0v) is 15.2. The number of benzene rings is 2. The minimum atomic E-state index is -0.0898. The maximum Gasteiger partial charge on any atom is 0.221 e. The molecule has 4 rings (SSSR count). The maximum atomic E-state index is 11.5. The van der Waals surface area contributed by atoms with Crippen molar-refractivity contribution in [1.82, 2.24) is 4.90 Å². The summed E-state index contributed by atoms with van der Waals surface area (Å²) in [6, 6.07) is 13.6. The monoisotopic (exact) mass is 349 g/mol. The third-order valence-corrected chi connectivity index (χ3v) is 4.94. The Balaban J connectivity index is 1.81. The number of likely N-dealkylation sites (tertiary alicyclic amines) is 1. The molecule has 0 unspecified atom stereocenters. The molecule has 0 bridgehead atoms. The van der Waals surface area contributed by atoms with Crippen molar-refractivity contribution in [3.8, 4) is 11.5 Å². The van der Waals surface area contributed by atoms with Crippen molar-refractivity contribution in [2.75, 3.05) is 18.4 Å². The molecule has 0 spiro atoms. The molecule has 1 N–H and O–H groups in total. The number of fused-ring (bicyclic) bond motifs is 2. The summed E-state index contributed by atoms with van der Waals surface area (Å²) in [5.41, 5.74) is 2.50. The normalized spacial score (nSPS) is 16.7. The van der Waals surface area contributed by atoms with Crippen molar-refractivity contribution in [3.63, 3.8) is 0 Å². The molecule has 5 heteroatoms. The number of rotatable bonds is 1. The minimum absolute atomic E-state index is 0.0898. The van der Waals surface area contributed by atoms with Crippen LogP contribution in [0.4, 0.5) is 11.4 Å². The van der Waals surface area contributed by atoms with E-state index in [9.17, 15) is 4.79 Å². The molecular formula is C21H23N3O2. The van der Waals surface area contributed by atoms with Crippen LogP contribution < -0.4 is 10.1 Å². The topological polar surface area (TPSA) is 53.9 Å². The van der Waals surface area contributed by atoms with Crippen LogP contribution in [0.5, 0.6) is 11.5 Å². The SMILES string of the molecule is CC(=O)Nc1ccc2c(c1)C(N1CCC(C)CC1)=Nc1ccccc1O2. The number of piperidine rings is 1. The van der Waals surface area contributed by atoms with E-state index in [4.69, 9.17) is 9.73 Å². The van der Waals surface area contributed by atoms with Gasteiger partial charge in [-0.15, -0.1) is 0 Å². The van der Waals surface area contributed by atoms with E-state index in [1.165, 1.54) is 6.92 Å². The first-order chi connectivity index (χ1) is 12.6. The van der Waals surface area contributed by atoms with Crippen LogP contribution in [0.25, 0.3) is 0 Å². The number of para-hydroxylation sites is 2. The molecule has 0 saturated carbocycles. The van der Waals surface area contributed by atoms with Crippen LogP contribution in [0, 0.1) is 5.92 Å². The number of carbonyl (C=O) groups excluding carboxylic acids is 1. The third-order valence-electron chi connectivity index (χ3n) is 4.94. The zero-order valence-electron chi connectivity index (χ0n) is 15.2. The molecule has 26 heavy (non-hydrogen) atoms. The van der Waals surface area contributed by atoms with E-state index in [-0.39, 0.29) is 5.91 Å². The Morgan fingerprint density at radius 1 is 1.15 bits per heavy atom. The lowest BCUT2D eigenvalue weighted by molar-refractivity contribution is -0.114. The van der Waals surface area contributed by atoms with Gasteiger partial charge in [0, 0.05) is 25.7 Å². The van der Waals surface area contributed by atoms with Gasteiger partial charge in [-0.3, -0.25) is 4.79 Å². The van der Waals surface area contributed by atoms with E-state index < -0.39 is 0 Å². The highest BCUT2D eigenvalue weighted by molar-refractivity contribution is 6.05. The summed E-state index contributed by atoms with van der Waals surface area (Å²) in [6.45, 7) is 5.77. The van der Waals surface area contributed by atoms with Gasteiger partial charge in [-0.25, -0.2) is 4.99 Å². The summed E-state index contributed by atoms with van der Waals surface area (Å²) in [7, 11) is 0. The molecule has 2 heterocycles. The number of nitrogens with one attached hydrogen (secondary N) is 1. The third kappa shape index (κ3) is 3.29. The molecule has 1 amide bonds. The molecule has 2 aromatic rings. The van der Waals surface area contributed by atoms with E-state index in [0.29, 0.717) is 0 Å². The van der Waals surface area contributed by atoms with Gasteiger partial charge in [0.05, 0.1) is 5.56 Å². The number of aliphatic imine (C=N–C) groups is 1. The highest BCUT2D eigenvalue weighted by Gasteiger charge is 2.25. The number of ether oxygens (including phenoxy) is 1. The summed E-state index contributed by atoms with van der Waals surface area (Å²) < 4.78 is 6.15. The lowest BCUT2D eigenvalue weighted by Gasteiger charge is -2.33. The van der Waals surface area contributed by atoms with Crippen LogP contribution in [0.15, 0.2) is 47.5 Å². The lowest BCUT2D eigenvalue weighted by Crippen LogP contribution is -2.38. The molecule has 0 radical (unpaired) electrons. The molecule has 1 fully saturated rings. The van der Waals surface area contributed by atoms with Crippen molar-refractivity contribution in [1.29, 1.82) is 0 Å². The average Bonchev–Trinajstić information content (AvgIpc) is 2.78. The number of hydrogen-bond acceptors (Lipinski definition) is 4. The Labute approximate surface area is 153 Å². The van der Waals surface area contributed by atoms with E-state index in [1.54, 1.807) is 0 Å². The number of anilines is 1. The quantitative estimate of drug-likeness (QED) is 0.821. The molecular weight excluding hydrogens is 326 g/mol. The Morgan fingerprint density at radius 3 is 2.69 bits per heavy atom. The first-order valence-corrected chi connectivity index (χ1v) is 9.12. The Hall–Kier alpha value is -2.82. The smallest absolute Gasteiger partial charge is 0.221 e. The summed E-state index contributed by atoms with van der Waals surface area (Å²) in [5, 5.41) is 2.86. The first-order valence-electron chi connectivity index (χ1n) is 9.12. The van der Waals surface area contributed by atoms with Crippen LogP contribution in [0.3, 0.4) is 0 Å². The van der Waals surface area contributed by atoms with Crippen molar-refractivity contribution in [3.05, 3.63) is 48.0 Å². The Kier molecular flexibility index (Phi) is 4.37. The van der Waals surface area contributed by atoms with Crippen LogP contribution in [0.2, 0.25) is 0 Å². The predicted molar refractivity (Wildman–Crippen MR) is 103 cm³/mol. The zero-order chi connectivity index (χ0) is 18.1. The average molecular weight is 349 g/mol. The summed E-state index contributed by atoms with van der Waals surface area (Å²) in [5.74, 6) is 3.09. The lowest BCUT2D eigenvalue weighted by atomic mass is 9.98.